The number of pyridine rings is 1. The van der Waals surface area contributed by atoms with Crippen molar-refractivity contribution in [2.24, 2.45) is 5.10 Å². The first-order chi connectivity index (χ1) is 12.7. The average molecular weight is 354 g/mol. The average Bonchev–Trinajstić information content (AvgIpc) is 2.69. The van der Waals surface area contributed by atoms with Crippen molar-refractivity contribution in [3.05, 3.63) is 53.9 Å². The number of hydrazone groups is 1. The molecule has 0 unspecified atom stereocenters. The summed E-state index contributed by atoms with van der Waals surface area (Å²) in [6.07, 6.45) is 4.86. The molecule has 1 aliphatic heterocycles. The fourth-order valence-corrected chi connectivity index (χ4v) is 2.55. The summed E-state index contributed by atoms with van der Waals surface area (Å²) >= 11 is 0. The second-order valence-electron chi connectivity index (χ2n) is 6.04. The van der Waals surface area contributed by atoms with E-state index in [0.717, 1.165) is 31.7 Å². The third kappa shape index (κ3) is 4.58. The second kappa shape index (κ2) is 8.44. The highest BCUT2D eigenvalue weighted by Crippen LogP contribution is 2.28. The predicted molar refractivity (Wildman–Crippen MR) is 98.9 cm³/mol. The molecule has 2 heterocycles. The smallest absolute Gasteiger partial charge is 0.345 e. The third-order valence-corrected chi connectivity index (χ3v) is 4.14. The van der Waals surface area contributed by atoms with Gasteiger partial charge in [-0.1, -0.05) is 0 Å². The lowest BCUT2D eigenvalue weighted by Gasteiger charge is -2.30. The highest BCUT2D eigenvalue weighted by molar-refractivity contribution is 5.91. The standard InChI is InChI=1S/C19H22N4O3/c1-22-8-10-23(11-9-22)21-13-15-5-6-17(18(12-15)25-2)26-19(24)16-4-3-7-20-14-16/h3-7,12-14H,8-11H2,1-2H3/b21-13+. The Bertz CT molecular complexity index is 772. The molecule has 1 fully saturated rings. The fraction of sp³-hybridized carbons (Fsp3) is 0.316. The van der Waals surface area contributed by atoms with Crippen LogP contribution in [-0.4, -0.2) is 67.4 Å². The van der Waals surface area contributed by atoms with Crippen molar-refractivity contribution < 1.29 is 14.3 Å². The maximum absolute atomic E-state index is 12.2. The molecular formula is C19H22N4O3. The molecule has 1 aliphatic rings. The van der Waals surface area contributed by atoms with E-state index in [2.05, 4.69) is 22.0 Å². The maximum Gasteiger partial charge on any atom is 0.345 e. The van der Waals surface area contributed by atoms with Crippen molar-refractivity contribution in [3.63, 3.8) is 0 Å². The molecule has 0 saturated carbocycles. The van der Waals surface area contributed by atoms with Crippen LogP contribution in [0.1, 0.15) is 15.9 Å². The van der Waals surface area contributed by atoms with Crippen molar-refractivity contribution in [1.29, 1.82) is 0 Å². The Hall–Kier alpha value is -2.93. The Balaban J connectivity index is 1.68. The monoisotopic (exact) mass is 354 g/mol. The Morgan fingerprint density at radius 1 is 1.19 bits per heavy atom. The zero-order chi connectivity index (χ0) is 18.4. The molecule has 136 valence electrons. The van der Waals surface area contributed by atoms with E-state index in [0.29, 0.717) is 17.1 Å². The summed E-state index contributed by atoms with van der Waals surface area (Å²) in [4.78, 5) is 18.4. The Labute approximate surface area is 152 Å². The molecule has 1 saturated heterocycles. The normalized spacial score (nSPS) is 15.2. The van der Waals surface area contributed by atoms with E-state index in [1.54, 1.807) is 36.7 Å². The van der Waals surface area contributed by atoms with E-state index < -0.39 is 5.97 Å². The molecule has 0 amide bonds. The molecule has 0 spiro atoms. The summed E-state index contributed by atoms with van der Waals surface area (Å²) in [6, 6.07) is 8.68. The number of rotatable bonds is 5. The van der Waals surface area contributed by atoms with Crippen molar-refractivity contribution in [2.75, 3.05) is 40.3 Å². The third-order valence-electron chi connectivity index (χ3n) is 4.14. The molecule has 1 aromatic carbocycles. The number of hydrogen-bond acceptors (Lipinski definition) is 7. The number of carbonyl (C=O) groups excluding carboxylic acids is 1. The van der Waals surface area contributed by atoms with Gasteiger partial charge in [-0.15, -0.1) is 0 Å². The maximum atomic E-state index is 12.2. The number of likely N-dealkylation sites (N-methyl/N-ethyl adjacent to an activating group) is 1. The number of hydrogen-bond donors (Lipinski definition) is 0. The van der Waals surface area contributed by atoms with Crippen LogP contribution in [0.4, 0.5) is 0 Å². The van der Waals surface area contributed by atoms with Crippen LogP contribution in [0.3, 0.4) is 0 Å². The lowest BCUT2D eigenvalue weighted by atomic mass is 10.2. The van der Waals surface area contributed by atoms with Gasteiger partial charge in [0.25, 0.3) is 0 Å². The van der Waals surface area contributed by atoms with Gasteiger partial charge in [0.15, 0.2) is 11.5 Å². The summed E-state index contributed by atoms with van der Waals surface area (Å²) < 4.78 is 10.8. The predicted octanol–water partition coefficient (Wildman–Crippen LogP) is 1.89. The number of ether oxygens (including phenoxy) is 2. The minimum Gasteiger partial charge on any atom is -0.493 e. The molecule has 0 bridgehead atoms. The van der Waals surface area contributed by atoms with Gasteiger partial charge in [0, 0.05) is 38.6 Å². The van der Waals surface area contributed by atoms with E-state index in [4.69, 9.17) is 9.47 Å². The molecule has 7 nitrogen and oxygen atoms in total. The molecule has 1 aromatic heterocycles. The first kappa shape index (κ1) is 17.9. The van der Waals surface area contributed by atoms with E-state index in [1.165, 1.54) is 13.3 Å². The summed E-state index contributed by atoms with van der Waals surface area (Å²) in [5.74, 6) is 0.359. The Morgan fingerprint density at radius 2 is 2.00 bits per heavy atom. The molecule has 0 N–H and O–H groups in total. The Morgan fingerprint density at radius 3 is 2.69 bits per heavy atom. The molecule has 0 aliphatic carbocycles. The molecule has 0 atom stereocenters. The van der Waals surface area contributed by atoms with E-state index >= 15 is 0 Å². The van der Waals surface area contributed by atoms with E-state index in [1.807, 2.05) is 11.1 Å². The van der Waals surface area contributed by atoms with Gasteiger partial charge >= 0.3 is 5.97 Å². The van der Waals surface area contributed by atoms with Crippen molar-refractivity contribution in [3.8, 4) is 11.5 Å². The minimum atomic E-state index is -0.477. The highest BCUT2D eigenvalue weighted by atomic mass is 16.6. The second-order valence-corrected chi connectivity index (χ2v) is 6.04. The van der Waals surface area contributed by atoms with E-state index in [9.17, 15) is 4.79 Å². The van der Waals surface area contributed by atoms with Crippen molar-refractivity contribution in [1.82, 2.24) is 14.9 Å². The molecule has 0 radical (unpaired) electrons. The summed E-state index contributed by atoms with van der Waals surface area (Å²) in [6.45, 7) is 3.82. The van der Waals surface area contributed by atoms with Crippen LogP contribution in [0, 0.1) is 0 Å². The number of nitrogens with zero attached hydrogens (tertiary/aromatic N) is 4. The van der Waals surface area contributed by atoms with Gasteiger partial charge in [0.2, 0.25) is 0 Å². The largest absolute Gasteiger partial charge is 0.493 e. The number of methoxy groups -OCH3 is 1. The SMILES string of the molecule is COc1cc(/C=N/N2CCN(C)CC2)ccc1OC(=O)c1cccnc1. The quantitative estimate of drug-likeness (QED) is 0.464. The first-order valence-corrected chi connectivity index (χ1v) is 8.43. The van der Waals surface area contributed by atoms with Crippen LogP contribution in [0.2, 0.25) is 0 Å². The number of carbonyl (C=O) groups is 1. The van der Waals surface area contributed by atoms with Crippen molar-refractivity contribution >= 4 is 12.2 Å². The summed E-state index contributed by atoms with van der Waals surface area (Å²) in [7, 11) is 3.65. The van der Waals surface area contributed by atoms with Crippen LogP contribution in [0.5, 0.6) is 11.5 Å². The number of esters is 1. The fourth-order valence-electron chi connectivity index (χ4n) is 2.55. The molecule has 2 aromatic rings. The van der Waals surface area contributed by atoms with Crippen molar-refractivity contribution in [2.45, 2.75) is 0 Å². The van der Waals surface area contributed by atoms with E-state index in [-0.39, 0.29) is 0 Å². The lowest BCUT2D eigenvalue weighted by Crippen LogP contribution is -2.41. The minimum absolute atomic E-state index is 0.359. The van der Waals surface area contributed by atoms with Crippen LogP contribution in [0.15, 0.2) is 47.8 Å². The Kier molecular flexibility index (Phi) is 5.80. The van der Waals surface area contributed by atoms with Gasteiger partial charge in [0.05, 0.1) is 18.9 Å². The van der Waals surface area contributed by atoms with Crippen LogP contribution < -0.4 is 9.47 Å². The van der Waals surface area contributed by atoms with Gasteiger partial charge in [-0.3, -0.25) is 9.99 Å². The summed E-state index contributed by atoms with van der Waals surface area (Å²) in [5.41, 5.74) is 1.26. The van der Waals surface area contributed by atoms with Gasteiger partial charge in [0.1, 0.15) is 0 Å². The van der Waals surface area contributed by atoms with Gasteiger partial charge in [-0.25, -0.2) is 4.79 Å². The van der Waals surface area contributed by atoms with Gasteiger partial charge in [-0.05, 0) is 42.9 Å². The number of aromatic nitrogens is 1. The highest BCUT2D eigenvalue weighted by Gasteiger charge is 2.13. The zero-order valence-corrected chi connectivity index (χ0v) is 15.0. The lowest BCUT2D eigenvalue weighted by molar-refractivity contribution is 0.0729. The summed E-state index contributed by atoms with van der Waals surface area (Å²) in [5, 5.41) is 6.56. The van der Waals surface area contributed by atoms with Gasteiger partial charge in [-0.2, -0.15) is 5.10 Å². The van der Waals surface area contributed by atoms with Crippen LogP contribution in [0.25, 0.3) is 0 Å². The number of benzene rings is 1. The molecule has 26 heavy (non-hydrogen) atoms. The first-order valence-electron chi connectivity index (χ1n) is 8.43. The molecule has 7 heteroatoms. The molecule has 3 rings (SSSR count). The molecular weight excluding hydrogens is 332 g/mol. The van der Waals surface area contributed by atoms with Crippen LogP contribution in [-0.2, 0) is 0 Å². The zero-order valence-electron chi connectivity index (χ0n) is 15.0. The van der Waals surface area contributed by atoms with Gasteiger partial charge < -0.3 is 14.4 Å². The number of piperazine rings is 1. The topological polar surface area (TPSA) is 67.3 Å². The van der Waals surface area contributed by atoms with Crippen LogP contribution >= 0.6 is 0 Å².